The van der Waals surface area contributed by atoms with Crippen molar-refractivity contribution in [1.82, 2.24) is 14.8 Å². The van der Waals surface area contributed by atoms with Crippen LogP contribution in [0.25, 0.3) is 0 Å². The van der Waals surface area contributed by atoms with Crippen molar-refractivity contribution < 1.29 is 4.79 Å². The molecule has 2 aromatic heterocycles. The van der Waals surface area contributed by atoms with Gasteiger partial charge in [-0.05, 0) is 55.3 Å². The second-order valence-corrected chi connectivity index (χ2v) is 10.5. The Bertz CT molecular complexity index is 1020. The van der Waals surface area contributed by atoms with E-state index < -0.39 is 0 Å². The van der Waals surface area contributed by atoms with E-state index in [2.05, 4.69) is 37.6 Å². The standard InChI is InChI=1S/C23H27ClN4OS2/c1-15-11-16(2)22(19(24)12-15)25-21(29)14-31-23-27-26-20(13-18-9-6-10-30-18)28(23)17-7-4-3-5-8-17/h6,9-12,17H,3-5,7-8,13-14H2,1-2H3,(H,25,29). The number of rotatable bonds is 7. The van der Waals surface area contributed by atoms with Gasteiger partial charge in [0.15, 0.2) is 5.16 Å². The van der Waals surface area contributed by atoms with E-state index in [0.717, 1.165) is 41.4 Å². The van der Waals surface area contributed by atoms with Gasteiger partial charge < -0.3 is 9.88 Å². The molecule has 0 spiro atoms. The van der Waals surface area contributed by atoms with Crippen LogP contribution in [0.2, 0.25) is 5.02 Å². The average Bonchev–Trinajstić information content (AvgIpc) is 3.40. The molecule has 8 heteroatoms. The molecule has 0 unspecified atom stereocenters. The maximum absolute atomic E-state index is 12.7. The highest BCUT2D eigenvalue weighted by atomic mass is 35.5. The molecule has 1 amide bonds. The zero-order chi connectivity index (χ0) is 21.8. The summed E-state index contributed by atoms with van der Waals surface area (Å²) < 4.78 is 2.29. The Kier molecular flexibility index (Phi) is 7.35. The van der Waals surface area contributed by atoms with Gasteiger partial charge in [-0.25, -0.2) is 0 Å². The maximum Gasteiger partial charge on any atom is 0.234 e. The lowest BCUT2D eigenvalue weighted by Crippen LogP contribution is -2.18. The minimum atomic E-state index is -0.0862. The van der Waals surface area contributed by atoms with E-state index in [0.29, 0.717) is 16.8 Å². The first-order valence-electron chi connectivity index (χ1n) is 10.7. The molecule has 164 valence electrons. The summed E-state index contributed by atoms with van der Waals surface area (Å²) in [5, 5.41) is 15.4. The third kappa shape index (κ3) is 5.51. The number of thioether (sulfide) groups is 1. The highest BCUT2D eigenvalue weighted by Crippen LogP contribution is 2.34. The van der Waals surface area contributed by atoms with Crippen LogP contribution < -0.4 is 5.32 Å². The fourth-order valence-corrected chi connectivity index (χ4v) is 6.08. The SMILES string of the molecule is Cc1cc(C)c(NC(=O)CSc2nnc(Cc3cccs3)n2C2CCCCC2)c(Cl)c1. The second-order valence-electron chi connectivity index (χ2n) is 8.09. The second kappa shape index (κ2) is 10.2. The van der Waals surface area contributed by atoms with Gasteiger partial charge in [0.25, 0.3) is 0 Å². The number of halogens is 1. The Hall–Kier alpha value is -1.83. The Morgan fingerprint density at radius 3 is 2.77 bits per heavy atom. The fraction of sp³-hybridized carbons (Fsp3) is 0.435. The highest BCUT2D eigenvalue weighted by molar-refractivity contribution is 7.99. The van der Waals surface area contributed by atoms with E-state index in [1.807, 2.05) is 26.0 Å². The van der Waals surface area contributed by atoms with Gasteiger partial charge in [0.2, 0.25) is 5.91 Å². The predicted octanol–water partition coefficient (Wildman–Crippen LogP) is 6.44. The first-order valence-corrected chi connectivity index (χ1v) is 12.9. The van der Waals surface area contributed by atoms with Gasteiger partial charge in [-0.1, -0.05) is 54.8 Å². The fourth-order valence-electron chi connectivity index (χ4n) is 4.18. The molecule has 4 rings (SSSR count). The summed E-state index contributed by atoms with van der Waals surface area (Å²) in [6, 6.07) is 8.51. The van der Waals surface area contributed by atoms with Gasteiger partial charge in [0.05, 0.1) is 16.5 Å². The van der Waals surface area contributed by atoms with E-state index in [4.69, 9.17) is 11.6 Å². The monoisotopic (exact) mass is 474 g/mol. The van der Waals surface area contributed by atoms with Crippen molar-refractivity contribution in [3.8, 4) is 0 Å². The Morgan fingerprint density at radius 1 is 1.26 bits per heavy atom. The molecule has 0 saturated heterocycles. The number of carbonyl (C=O) groups excluding carboxylic acids is 1. The third-order valence-electron chi connectivity index (χ3n) is 5.62. The smallest absolute Gasteiger partial charge is 0.234 e. The molecule has 1 N–H and O–H groups in total. The lowest BCUT2D eigenvalue weighted by Gasteiger charge is -2.25. The largest absolute Gasteiger partial charge is 0.324 e. The minimum Gasteiger partial charge on any atom is -0.324 e. The summed E-state index contributed by atoms with van der Waals surface area (Å²) in [6.07, 6.45) is 6.83. The number of hydrogen-bond acceptors (Lipinski definition) is 5. The van der Waals surface area contributed by atoms with Crippen LogP contribution in [0.5, 0.6) is 0 Å². The molecule has 2 heterocycles. The average molecular weight is 475 g/mol. The molecular formula is C23H27ClN4OS2. The Morgan fingerprint density at radius 2 is 2.06 bits per heavy atom. The van der Waals surface area contributed by atoms with Crippen LogP contribution in [0.1, 0.15) is 60.0 Å². The summed E-state index contributed by atoms with van der Waals surface area (Å²) >= 11 is 9.54. The molecule has 1 aliphatic carbocycles. The topological polar surface area (TPSA) is 59.8 Å². The number of aryl methyl sites for hydroxylation is 2. The summed E-state index contributed by atoms with van der Waals surface area (Å²) in [5.74, 6) is 1.18. The van der Waals surface area contributed by atoms with E-state index in [9.17, 15) is 4.79 Å². The van der Waals surface area contributed by atoms with Crippen molar-refractivity contribution in [3.63, 3.8) is 0 Å². The van der Waals surface area contributed by atoms with E-state index in [-0.39, 0.29) is 11.7 Å². The molecule has 5 nitrogen and oxygen atoms in total. The summed E-state index contributed by atoms with van der Waals surface area (Å²) in [6.45, 7) is 3.95. The zero-order valence-electron chi connectivity index (χ0n) is 17.9. The summed E-state index contributed by atoms with van der Waals surface area (Å²) in [5.41, 5.74) is 2.73. The molecule has 1 fully saturated rings. The van der Waals surface area contributed by atoms with Crippen LogP contribution >= 0.6 is 34.7 Å². The molecule has 1 aromatic carbocycles. The van der Waals surface area contributed by atoms with Crippen LogP contribution in [0.15, 0.2) is 34.8 Å². The molecule has 0 radical (unpaired) electrons. The van der Waals surface area contributed by atoms with E-state index in [1.165, 1.54) is 35.9 Å². The first kappa shape index (κ1) is 22.4. The van der Waals surface area contributed by atoms with Gasteiger partial charge in [-0.15, -0.1) is 21.5 Å². The normalized spacial score (nSPS) is 14.7. The molecule has 31 heavy (non-hydrogen) atoms. The van der Waals surface area contributed by atoms with Gasteiger partial charge in [-0.3, -0.25) is 4.79 Å². The summed E-state index contributed by atoms with van der Waals surface area (Å²) in [4.78, 5) is 14.0. The molecule has 1 aliphatic rings. The maximum atomic E-state index is 12.7. The number of hydrogen-bond donors (Lipinski definition) is 1. The van der Waals surface area contributed by atoms with E-state index >= 15 is 0 Å². The van der Waals surface area contributed by atoms with Crippen molar-refractivity contribution in [1.29, 1.82) is 0 Å². The van der Waals surface area contributed by atoms with Crippen LogP contribution in [0.3, 0.4) is 0 Å². The lowest BCUT2D eigenvalue weighted by atomic mass is 9.95. The van der Waals surface area contributed by atoms with Crippen molar-refractivity contribution in [2.75, 3.05) is 11.1 Å². The third-order valence-corrected chi connectivity index (χ3v) is 7.73. The van der Waals surface area contributed by atoms with Crippen molar-refractivity contribution in [2.45, 2.75) is 63.6 Å². The Labute approximate surface area is 196 Å². The van der Waals surface area contributed by atoms with Crippen molar-refractivity contribution in [3.05, 3.63) is 56.5 Å². The number of amides is 1. The number of benzene rings is 1. The number of aromatic nitrogens is 3. The molecule has 3 aromatic rings. The molecule has 0 aliphatic heterocycles. The van der Waals surface area contributed by atoms with Gasteiger partial charge >= 0.3 is 0 Å². The number of anilines is 1. The van der Waals surface area contributed by atoms with Gasteiger partial charge in [0, 0.05) is 17.3 Å². The van der Waals surface area contributed by atoms with Crippen molar-refractivity contribution in [2.24, 2.45) is 0 Å². The Balaban J connectivity index is 1.48. The van der Waals surface area contributed by atoms with Gasteiger partial charge in [0.1, 0.15) is 5.82 Å². The zero-order valence-corrected chi connectivity index (χ0v) is 20.2. The predicted molar refractivity (Wildman–Crippen MR) is 130 cm³/mol. The minimum absolute atomic E-state index is 0.0862. The van der Waals surface area contributed by atoms with Crippen molar-refractivity contribution >= 4 is 46.3 Å². The number of thiophene rings is 1. The quantitative estimate of drug-likeness (QED) is 0.400. The molecule has 0 atom stereocenters. The molecule has 1 saturated carbocycles. The van der Waals surface area contributed by atoms with Crippen LogP contribution in [0, 0.1) is 13.8 Å². The highest BCUT2D eigenvalue weighted by Gasteiger charge is 2.24. The van der Waals surface area contributed by atoms with Crippen LogP contribution in [-0.2, 0) is 11.2 Å². The summed E-state index contributed by atoms with van der Waals surface area (Å²) in [7, 11) is 0. The van der Waals surface area contributed by atoms with Crippen LogP contribution in [-0.4, -0.2) is 26.4 Å². The first-order chi connectivity index (χ1) is 15.0. The van der Waals surface area contributed by atoms with Gasteiger partial charge in [-0.2, -0.15) is 0 Å². The molecule has 0 bridgehead atoms. The number of nitrogens with one attached hydrogen (secondary N) is 1. The van der Waals surface area contributed by atoms with Crippen LogP contribution in [0.4, 0.5) is 5.69 Å². The lowest BCUT2D eigenvalue weighted by molar-refractivity contribution is -0.113. The number of carbonyl (C=O) groups is 1. The molecular weight excluding hydrogens is 448 g/mol. The number of nitrogens with zero attached hydrogens (tertiary/aromatic N) is 3. The van der Waals surface area contributed by atoms with E-state index in [1.54, 1.807) is 11.3 Å².